The van der Waals surface area contributed by atoms with E-state index in [1.165, 1.54) is 10.5 Å². The largest absolute Gasteiger partial charge is 0.422 e. The summed E-state index contributed by atoms with van der Waals surface area (Å²) in [5.41, 5.74) is 2.27. The number of benzene rings is 2. The number of thioether (sulfide) groups is 1. The van der Waals surface area contributed by atoms with E-state index in [-0.39, 0.29) is 5.91 Å². The summed E-state index contributed by atoms with van der Waals surface area (Å²) in [4.78, 5) is 16.0. The smallest absolute Gasteiger partial charge is 0.249 e. The third-order valence-electron chi connectivity index (χ3n) is 5.78. The van der Waals surface area contributed by atoms with Gasteiger partial charge in [-0.25, -0.2) is 0 Å². The lowest BCUT2D eigenvalue weighted by Gasteiger charge is -2.32. The van der Waals surface area contributed by atoms with Crippen molar-refractivity contribution in [1.82, 2.24) is 15.1 Å². The molecule has 1 fully saturated rings. The van der Waals surface area contributed by atoms with Crippen LogP contribution in [0.1, 0.15) is 48.3 Å². The van der Waals surface area contributed by atoms with Crippen molar-refractivity contribution in [2.24, 2.45) is 0 Å². The van der Waals surface area contributed by atoms with Crippen molar-refractivity contribution in [2.45, 2.75) is 48.9 Å². The Morgan fingerprint density at radius 3 is 2.56 bits per heavy atom. The quantitative estimate of drug-likeness (QED) is 0.489. The molecule has 0 saturated carbocycles. The van der Waals surface area contributed by atoms with Crippen LogP contribution in [0.2, 0.25) is 0 Å². The highest BCUT2D eigenvalue weighted by molar-refractivity contribution is 8.00. The number of rotatable bonds is 8. The van der Waals surface area contributed by atoms with Gasteiger partial charge in [0.05, 0.1) is 0 Å². The summed E-state index contributed by atoms with van der Waals surface area (Å²) < 4.78 is 11.3. The van der Waals surface area contributed by atoms with Crippen LogP contribution in [0.15, 0.2) is 63.9 Å². The van der Waals surface area contributed by atoms with Crippen molar-refractivity contribution in [2.75, 3.05) is 20.2 Å². The number of nitrogens with zero attached hydrogens (tertiary/aromatic N) is 3. The number of likely N-dealkylation sites (tertiary alicyclic amines) is 1. The maximum atomic E-state index is 12.7. The van der Waals surface area contributed by atoms with Gasteiger partial charge in [0.2, 0.25) is 17.7 Å². The average molecular weight is 452 g/mol. The Morgan fingerprint density at radius 2 is 1.84 bits per heavy atom. The second-order valence-electron chi connectivity index (χ2n) is 8.02. The predicted octanol–water partition coefficient (Wildman–Crippen LogP) is 4.83. The SMILES string of the molecule is COC(c1ccccc1)c1nnc(CCC(=O)N2CCC(Sc3ccccc3C)CC2)o1. The predicted molar refractivity (Wildman–Crippen MR) is 125 cm³/mol. The monoisotopic (exact) mass is 451 g/mol. The van der Waals surface area contributed by atoms with E-state index in [4.69, 9.17) is 9.15 Å². The first-order chi connectivity index (χ1) is 15.6. The van der Waals surface area contributed by atoms with Crippen LogP contribution in [-0.2, 0) is 16.0 Å². The van der Waals surface area contributed by atoms with Crippen molar-refractivity contribution in [1.29, 1.82) is 0 Å². The van der Waals surface area contributed by atoms with Gasteiger partial charge in [0.1, 0.15) is 0 Å². The second-order valence-corrected chi connectivity index (χ2v) is 9.37. The Balaban J connectivity index is 1.25. The number of carbonyl (C=O) groups excluding carboxylic acids is 1. The average Bonchev–Trinajstić information content (AvgIpc) is 3.29. The second kappa shape index (κ2) is 10.8. The van der Waals surface area contributed by atoms with Crippen LogP contribution in [0.25, 0.3) is 0 Å². The molecule has 0 bridgehead atoms. The van der Waals surface area contributed by atoms with E-state index < -0.39 is 6.10 Å². The molecule has 0 N–H and O–H groups in total. The van der Waals surface area contributed by atoms with E-state index in [1.54, 1.807) is 7.11 Å². The summed E-state index contributed by atoms with van der Waals surface area (Å²) in [6.45, 7) is 3.76. The molecule has 1 saturated heterocycles. The zero-order valence-corrected chi connectivity index (χ0v) is 19.4. The molecule has 0 aliphatic carbocycles. The van der Waals surface area contributed by atoms with Gasteiger partial charge in [-0.15, -0.1) is 22.0 Å². The Morgan fingerprint density at radius 1 is 1.12 bits per heavy atom. The molecule has 1 unspecified atom stereocenters. The highest BCUT2D eigenvalue weighted by atomic mass is 32.2. The Kier molecular flexibility index (Phi) is 7.60. The fraction of sp³-hybridized carbons (Fsp3) is 0.400. The van der Waals surface area contributed by atoms with E-state index in [1.807, 2.05) is 47.0 Å². The van der Waals surface area contributed by atoms with Gasteiger partial charge in [-0.05, 0) is 37.0 Å². The fourth-order valence-electron chi connectivity index (χ4n) is 3.94. The maximum absolute atomic E-state index is 12.7. The molecule has 1 aliphatic heterocycles. The number of amides is 1. The molecule has 7 heteroatoms. The first-order valence-electron chi connectivity index (χ1n) is 11.0. The zero-order valence-electron chi connectivity index (χ0n) is 18.6. The van der Waals surface area contributed by atoms with Crippen LogP contribution in [-0.4, -0.2) is 46.5 Å². The van der Waals surface area contributed by atoms with E-state index in [0.717, 1.165) is 31.5 Å². The van der Waals surface area contributed by atoms with Crippen molar-refractivity contribution < 1.29 is 13.9 Å². The molecular formula is C25H29N3O3S. The first kappa shape index (κ1) is 22.6. The first-order valence-corrected chi connectivity index (χ1v) is 11.9. The number of piperidine rings is 1. The van der Waals surface area contributed by atoms with Crippen molar-refractivity contribution >= 4 is 17.7 Å². The Bertz CT molecular complexity index is 1020. The van der Waals surface area contributed by atoms with Gasteiger partial charge < -0.3 is 14.1 Å². The summed E-state index contributed by atoms with van der Waals surface area (Å²) in [7, 11) is 1.62. The minimum Gasteiger partial charge on any atom is -0.422 e. The lowest BCUT2D eigenvalue weighted by molar-refractivity contribution is -0.132. The molecule has 2 heterocycles. The number of hydrogen-bond acceptors (Lipinski definition) is 6. The molecule has 3 aromatic rings. The topological polar surface area (TPSA) is 68.5 Å². The molecule has 0 radical (unpaired) electrons. The van der Waals surface area contributed by atoms with Crippen LogP contribution in [0.4, 0.5) is 0 Å². The fourth-order valence-corrected chi connectivity index (χ4v) is 5.16. The zero-order chi connectivity index (χ0) is 22.3. The highest BCUT2D eigenvalue weighted by Crippen LogP contribution is 2.32. The van der Waals surface area contributed by atoms with E-state index in [9.17, 15) is 4.79 Å². The maximum Gasteiger partial charge on any atom is 0.249 e. The van der Waals surface area contributed by atoms with Crippen LogP contribution < -0.4 is 0 Å². The number of aryl methyl sites for hydroxylation is 2. The summed E-state index contributed by atoms with van der Waals surface area (Å²) >= 11 is 1.94. The third kappa shape index (κ3) is 5.58. The standard InChI is InChI=1S/C25H29N3O3S/c1-18-8-6-7-11-21(18)32-20-14-16-28(17-15-20)23(29)13-12-22-26-27-25(31-22)24(30-2)19-9-4-3-5-10-19/h3-11,20,24H,12-17H2,1-2H3. The van der Waals surface area contributed by atoms with Gasteiger partial charge in [-0.2, -0.15) is 0 Å². The summed E-state index contributed by atoms with van der Waals surface area (Å²) in [5, 5.41) is 8.82. The molecule has 168 valence electrons. The number of carbonyl (C=O) groups is 1. The molecule has 1 amide bonds. The van der Waals surface area contributed by atoms with Crippen molar-refractivity contribution in [3.8, 4) is 0 Å². The minimum atomic E-state index is -0.405. The number of hydrogen-bond donors (Lipinski definition) is 0. The third-order valence-corrected chi connectivity index (χ3v) is 7.30. The number of aromatic nitrogens is 2. The minimum absolute atomic E-state index is 0.149. The number of ether oxygens (including phenoxy) is 1. The molecule has 1 atom stereocenters. The molecule has 1 aliphatic rings. The van der Waals surface area contributed by atoms with Crippen molar-refractivity contribution in [3.05, 3.63) is 77.5 Å². The lowest BCUT2D eigenvalue weighted by atomic mass is 10.1. The van der Waals surface area contributed by atoms with Gasteiger partial charge in [0, 0.05) is 43.2 Å². The van der Waals surface area contributed by atoms with E-state index in [2.05, 4.69) is 41.4 Å². The van der Waals surface area contributed by atoms with Gasteiger partial charge >= 0.3 is 0 Å². The van der Waals surface area contributed by atoms with Crippen LogP contribution in [0, 0.1) is 6.92 Å². The van der Waals surface area contributed by atoms with E-state index in [0.29, 0.717) is 29.9 Å². The van der Waals surface area contributed by atoms with Crippen LogP contribution >= 0.6 is 11.8 Å². The summed E-state index contributed by atoms with van der Waals surface area (Å²) in [6, 6.07) is 18.3. The van der Waals surface area contributed by atoms with Crippen LogP contribution in [0.5, 0.6) is 0 Å². The summed E-state index contributed by atoms with van der Waals surface area (Å²) in [6.07, 6.45) is 2.44. The van der Waals surface area contributed by atoms with Gasteiger partial charge in [0.15, 0.2) is 6.10 Å². The van der Waals surface area contributed by atoms with Gasteiger partial charge in [-0.1, -0.05) is 48.5 Å². The molecular weight excluding hydrogens is 422 g/mol. The number of methoxy groups -OCH3 is 1. The lowest BCUT2D eigenvalue weighted by Crippen LogP contribution is -2.39. The van der Waals surface area contributed by atoms with Crippen LogP contribution in [0.3, 0.4) is 0 Å². The molecule has 32 heavy (non-hydrogen) atoms. The molecule has 0 spiro atoms. The van der Waals surface area contributed by atoms with Gasteiger partial charge in [-0.3, -0.25) is 4.79 Å². The molecule has 1 aromatic heterocycles. The molecule has 6 nitrogen and oxygen atoms in total. The normalized spacial score (nSPS) is 15.6. The van der Waals surface area contributed by atoms with E-state index >= 15 is 0 Å². The Labute approximate surface area is 193 Å². The van der Waals surface area contributed by atoms with Crippen molar-refractivity contribution in [3.63, 3.8) is 0 Å². The highest BCUT2D eigenvalue weighted by Gasteiger charge is 2.25. The molecule has 4 rings (SSSR count). The Hall–Kier alpha value is -2.64. The summed E-state index contributed by atoms with van der Waals surface area (Å²) in [5.74, 6) is 1.03. The molecule has 2 aromatic carbocycles. The van der Waals surface area contributed by atoms with Gasteiger partial charge in [0.25, 0.3) is 0 Å².